The second-order valence-electron chi connectivity index (χ2n) is 1.72. The lowest BCUT2D eigenvalue weighted by Gasteiger charge is -2.01. The van der Waals surface area contributed by atoms with Crippen LogP contribution in [0.25, 0.3) is 0 Å². The summed E-state index contributed by atoms with van der Waals surface area (Å²) in [6, 6.07) is 0. The predicted octanol–water partition coefficient (Wildman–Crippen LogP) is 0.335. The highest BCUT2D eigenvalue weighted by Crippen LogP contribution is 1.85. The standard InChI is InChI=1S/C6H10O3S/c1-2-3-4-5-6-10(7,8)9/h2,5-6H2,1H3,(H,7,8,9)/p-1. The Bertz CT molecular complexity index is 229. The molecule has 0 aliphatic carbocycles. The van der Waals surface area contributed by atoms with Crippen molar-refractivity contribution >= 4 is 10.1 Å². The van der Waals surface area contributed by atoms with Gasteiger partial charge in [-0.3, -0.25) is 0 Å². The third kappa shape index (κ3) is 7.47. The maximum absolute atomic E-state index is 9.97. The molecule has 58 valence electrons. The minimum Gasteiger partial charge on any atom is -0.748 e. The van der Waals surface area contributed by atoms with Crippen molar-refractivity contribution in [3.63, 3.8) is 0 Å². The van der Waals surface area contributed by atoms with Gasteiger partial charge in [-0.2, -0.15) is 0 Å². The first kappa shape index (κ1) is 9.47. The van der Waals surface area contributed by atoms with E-state index in [2.05, 4.69) is 11.8 Å². The van der Waals surface area contributed by atoms with Crippen LogP contribution in [0.1, 0.15) is 19.8 Å². The monoisotopic (exact) mass is 161 g/mol. The van der Waals surface area contributed by atoms with Crippen LogP contribution in [0.4, 0.5) is 0 Å². The molecular formula is C6H9O3S-. The van der Waals surface area contributed by atoms with Crippen LogP contribution in [0.2, 0.25) is 0 Å². The fraction of sp³-hybridized carbons (Fsp3) is 0.667. The van der Waals surface area contributed by atoms with Crippen LogP contribution in [0.15, 0.2) is 0 Å². The molecule has 0 N–H and O–H groups in total. The third-order valence-corrected chi connectivity index (χ3v) is 1.48. The summed E-state index contributed by atoms with van der Waals surface area (Å²) in [5.41, 5.74) is 0. The second kappa shape index (κ2) is 4.31. The molecule has 0 aromatic rings. The lowest BCUT2D eigenvalue weighted by molar-refractivity contribution is 0.463. The lowest BCUT2D eigenvalue weighted by Crippen LogP contribution is -2.02. The molecule has 0 fully saturated rings. The molecule has 0 spiro atoms. The van der Waals surface area contributed by atoms with Gasteiger partial charge in [-0.05, 0) is 0 Å². The zero-order chi connectivity index (χ0) is 8.04. The SMILES string of the molecule is CCC#CCCS(=O)(=O)[O-]. The first-order valence-electron chi connectivity index (χ1n) is 2.95. The summed E-state index contributed by atoms with van der Waals surface area (Å²) in [4.78, 5) is 0. The number of hydrogen-bond acceptors (Lipinski definition) is 3. The molecule has 0 aromatic heterocycles. The number of rotatable bonds is 2. The molecule has 0 aliphatic rings. The minimum absolute atomic E-state index is 0.152. The summed E-state index contributed by atoms with van der Waals surface area (Å²) < 4.78 is 29.9. The fourth-order valence-corrected chi connectivity index (χ4v) is 0.741. The smallest absolute Gasteiger partial charge is 0.0955 e. The first-order valence-corrected chi connectivity index (χ1v) is 4.53. The average Bonchev–Trinajstić information content (AvgIpc) is 1.78. The van der Waals surface area contributed by atoms with Gasteiger partial charge in [0.2, 0.25) is 0 Å². The highest BCUT2D eigenvalue weighted by atomic mass is 32.2. The Labute approximate surface area is 61.2 Å². The van der Waals surface area contributed by atoms with Crippen molar-refractivity contribution in [1.29, 1.82) is 0 Å². The van der Waals surface area contributed by atoms with Crippen molar-refractivity contribution in [3.8, 4) is 11.8 Å². The predicted molar refractivity (Wildman–Crippen MR) is 37.2 cm³/mol. The van der Waals surface area contributed by atoms with E-state index < -0.39 is 10.1 Å². The van der Waals surface area contributed by atoms with E-state index in [-0.39, 0.29) is 12.2 Å². The Morgan fingerprint density at radius 2 is 2.00 bits per heavy atom. The Hall–Kier alpha value is -0.530. The van der Waals surface area contributed by atoms with E-state index in [9.17, 15) is 13.0 Å². The molecule has 0 radical (unpaired) electrons. The molecule has 0 saturated heterocycles. The van der Waals surface area contributed by atoms with Crippen LogP contribution in [0, 0.1) is 11.8 Å². The largest absolute Gasteiger partial charge is 0.748 e. The van der Waals surface area contributed by atoms with E-state index >= 15 is 0 Å². The van der Waals surface area contributed by atoms with Crippen LogP contribution < -0.4 is 0 Å². The van der Waals surface area contributed by atoms with E-state index in [4.69, 9.17) is 0 Å². The van der Waals surface area contributed by atoms with Crippen molar-refractivity contribution in [2.75, 3.05) is 5.75 Å². The van der Waals surface area contributed by atoms with Gasteiger partial charge in [-0.25, -0.2) is 8.42 Å². The lowest BCUT2D eigenvalue weighted by atomic mass is 10.4. The topological polar surface area (TPSA) is 57.2 Å². The molecule has 0 unspecified atom stereocenters. The van der Waals surface area contributed by atoms with Crippen LogP contribution in [0.5, 0.6) is 0 Å². The number of hydrogen-bond donors (Lipinski definition) is 0. The van der Waals surface area contributed by atoms with Gasteiger partial charge in [0.1, 0.15) is 0 Å². The van der Waals surface area contributed by atoms with Crippen LogP contribution in [0.3, 0.4) is 0 Å². The molecule has 0 bridgehead atoms. The van der Waals surface area contributed by atoms with Crippen molar-refractivity contribution in [2.24, 2.45) is 0 Å². The van der Waals surface area contributed by atoms with E-state index in [1.165, 1.54) is 0 Å². The molecule has 3 nitrogen and oxygen atoms in total. The van der Waals surface area contributed by atoms with Crippen molar-refractivity contribution < 1.29 is 13.0 Å². The summed E-state index contributed by atoms with van der Waals surface area (Å²) >= 11 is 0. The summed E-state index contributed by atoms with van der Waals surface area (Å²) in [6.07, 6.45) is 0.846. The van der Waals surface area contributed by atoms with Gasteiger partial charge >= 0.3 is 0 Å². The third-order valence-electron chi connectivity index (χ3n) is 0.779. The van der Waals surface area contributed by atoms with E-state index in [0.29, 0.717) is 6.42 Å². The Balaban J connectivity index is 3.58. The zero-order valence-electron chi connectivity index (χ0n) is 5.75. The van der Waals surface area contributed by atoms with Crippen LogP contribution in [-0.2, 0) is 10.1 Å². The van der Waals surface area contributed by atoms with Gasteiger partial charge in [0, 0.05) is 18.6 Å². The fourth-order valence-electron chi connectivity index (χ4n) is 0.389. The van der Waals surface area contributed by atoms with Crippen molar-refractivity contribution in [2.45, 2.75) is 19.8 Å². The molecule has 0 atom stereocenters. The van der Waals surface area contributed by atoms with Gasteiger partial charge in [0.25, 0.3) is 0 Å². The zero-order valence-corrected chi connectivity index (χ0v) is 6.57. The summed E-state index contributed by atoms with van der Waals surface area (Å²) in [7, 11) is -4.06. The molecule has 10 heavy (non-hydrogen) atoms. The van der Waals surface area contributed by atoms with Gasteiger partial charge in [-0.1, -0.05) is 6.92 Å². The minimum atomic E-state index is -4.06. The van der Waals surface area contributed by atoms with E-state index in [1.54, 1.807) is 0 Å². The molecule has 0 saturated carbocycles. The Morgan fingerprint density at radius 1 is 1.40 bits per heavy atom. The Kier molecular flexibility index (Phi) is 4.08. The molecule has 4 heteroatoms. The summed E-state index contributed by atoms with van der Waals surface area (Å²) in [5, 5.41) is 0. The summed E-state index contributed by atoms with van der Waals surface area (Å²) in [6.45, 7) is 1.86. The molecule has 0 heterocycles. The quantitative estimate of drug-likeness (QED) is 0.433. The van der Waals surface area contributed by atoms with Gasteiger partial charge in [0.15, 0.2) is 0 Å². The molecular weight excluding hydrogens is 152 g/mol. The summed E-state index contributed by atoms with van der Waals surface area (Å²) in [5.74, 6) is 4.85. The molecule has 0 rings (SSSR count). The van der Waals surface area contributed by atoms with Gasteiger partial charge < -0.3 is 4.55 Å². The maximum atomic E-state index is 9.97. The van der Waals surface area contributed by atoms with Gasteiger partial charge in [-0.15, -0.1) is 11.8 Å². The molecule has 0 amide bonds. The highest BCUT2D eigenvalue weighted by Gasteiger charge is 1.89. The molecule has 0 aromatic carbocycles. The molecule has 0 aliphatic heterocycles. The van der Waals surface area contributed by atoms with Crippen molar-refractivity contribution in [1.82, 2.24) is 0 Å². The Morgan fingerprint density at radius 3 is 2.40 bits per heavy atom. The maximum Gasteiger partial charge on any atom is 0.0955 e. The normalized spacial score (nSPS) is 10.2. The highest BCUT2D eigenvalue weighted by molar-refractivity contribution is 7.85. The van der Waals surface area contributed by atoms with Gasteiger partial charge in [0.05, 0.1) is 10.1 Å². The average molecular weight is 161 g/mol. The van der Waals surface area contributed by atoms with E-state index in [0.717, 1.165) is 0 Å². The second-order valence-corrected chi connectivity index (χ2v) is 3.24. The van der Waals surface area contributed by atoms with Crippen LogP contribution >= 0.6 is 0 Å². The van der Waals surface area contributed by atoms with Crippen LogP contribution in [-0.4, -0.2) is 18.7 Å². The van der Waals surface area contributed by atoms with Crippen molar-refractivity contribution in [3.05, 3.63) is 0 Å². The first-order chi connectivity index (χ1) is 4.56. The van der Waals surface area contributed by atoms with E-state index in [1.807, 2.05) is 6.92 Å².